The van der Waals surface area contributed by atoms with Gasteiger partial charge < -0.3 is 15.5 Å². The van der Waals surface area contributed by atoms with Gasteiger partial charge in [-0.25, -0.2) is 0 Å². The van der Waals surface area contributed by atoms with Gasteiger partial charge in [-0.05, 0) is 44.8 Å². The molecule has 0 saturated carbocycles. The van der Waals surface area contributed by atoms with E-state index in [0.717, 1.165) is 32.1 Å². The van der Waals surface area contributed by atoms with Gasteiger partial charge in [-0.3, -0.25) is 4.99 Å². The molecule has 0 fully saturated rings. The second-order valence-electron chi connectivity index (χ2n) is 6.39. The number of thioether (sulfide) groups is 1. The maximum Gasteiger partial charge on any atom is 0.191 e. The van der Waals surface area contributed by atoms with Gasteiger partial charge in [0.2, 0.25) is 0 Å². The highest BCUT2D eigenvalue weighted by Gasteiger charge is 2.16. The van der Waals surface area contributed by atoms with E-state index in [0.29, 0.717) is 0 Å². The summed E-state index contributed by atoms with van der Waals surface area (Å²) in [4.78, 5) is 6.60. The van der Waals surface area contributed by atoms with Gasteiger partial charge in [0, 0.05) is 31.4 Å². The number of nitrogens with zero attached hydrogens (tertiary/aromatic N) is 2. The van der Waals surface area contributed by atoms with Gasteiger partial charge >= 0.3 is 0 Å². The van der Waals surface area contributed by atoms with Crippen molar-refractivity contribution < 1.29 is 0 Å². The summed E-state index contributed by atoms with van der Waals surface area (Å²) in [6, 6.07) is 8.73. The Hall–Kier alpha value is -1.20. The molecule has 1 aromatic rings. The van der Waals surface area contributed by atoms with Crippen LogP contribution < -0.4 is 10.6 Å². The van der Waals surface area contributed by atoms with Crippen molar-refractivity contribution in [2.75, 3.05) is 33.4 Å². The molecular weight excluding hydrogens is 304 g/mol. The van der Waals surface area contributed by atoms with Gasteiger partial charge in [0.15, 0.2) is 5.96 Å². The summed E-state index contributed by atoms with van der Waals surface area (Å²) in [6.45, 7) is 10.3. The number of hydrogen-bond acceptors (Lipinski definition) is 3. The average molecular weight is 337 g/mol. The first kappa shape index (κ1) is 19.8. The predicted octanol–water partition coefficient (Wildman–Crippen LogP) is 2.94. The Morgan fingerprint density at radius 1 is 1.26 bits per heavy atom. The maximum atomic E-state index is 4.30. The highest BCUT2D eigenvalue weighted by Crippen LogP contribution is 2.19. The first-order valence-corrected chi connectivity index (χ1v) is 9.38. The Morgan fingerprint density at radius 3 is 2.57 bits per heavy atom. The molecule has 0 amide bonds. The van der Waals surface area contributed by atoms with Crippen LogP contribution in [0.4, 0.5) is 0 Å². The molecule has 0 aliphatic carbocycles. The molecule has 5 heteroatoms. The normalized spacial score (nSPS) is 12.6. The van der Waals surface area contributed by atoms with Crippen molar-refractivity contribution in [1.82, 2.24) is 15.5 Å². The molecule has 1 rings (SSSR count). The molecule has 0 saturated heterocycles. The minimum absolute atomic E-state index is 0.197. The number of guanidine groups is 1. The van der Waals surface area contributed by atoms with Crippen molar-refractivity contribution in [2.45, 2.75) is 38.6 Å². The standard InChI is InChI=1S/C18H32N4S/c1-7-22(5)13-16-10-8-9-15(11-16)12-20-17(19-4)21-14-18(2,3)23-6/h8-11H,7,12-14H2,1-6H3,(H2,19,20,21). The van der Waals surface area contributed by atoms with E-state index in [1.807, 2.05) is 18.8 Å². The zero-order valence-corrected chi connectivity index (χ0v) is 16.3. The predicted molar refractivity (Wildman–Crippen MR) is 104 cm³/mol. The summed E-state index contributed by atoms with van der Waals surface area (Å²) in [5.41, 5.74) is 2.62. The van der Waals surface area contributed by atoms with Crippen LogP contribution >= 0.6 is 11.8 Å². The molecule has 23 heavy (non-hydrogen) atoms. The van der Waals surface area contributed by atoms with Crippen LogP contribution in [0.25, 0.3) is 0 Å². The number of hydrogen-bond donors (Lipinski definition) is 2. The highest BCUT2D eigenvalue weighted by atomic mass is 32.2. The first-order valence-electron chi connectivity index (χ1n) is 8.16. The third kappa shape index (κ3) is 7.75. The van der Waals surface area contributed by atoms with Crippen molar-refractivity contribution >= 4 is 17.7 Å². The van der Waals surface area contributed by atoms with Crippen molar-refractivity contribution in [3.63, 3.8) is 0 Å². The van der Waals surface area contributed by atoms with Crippen LogP contribution in [0.5, 0.6) is 0 Å². The lowest BCUT2D eigenvalue weighted by Gasteiger charge is -2.23. The molecule has 4 nitrogen and oxygen atoms in total. The average Bonchev–Trinajstić information content (AvgIpc) is 2.55. The van der Waals surface area contributed by atoms with Gasteiger partial charge in [-0.15, -0.1) is 0 Å². The van der Waals surface area contributed by atoms with E-state index in [1.54, 1.807) is 0 Å². The lowest BCUT2D eigenvalue weighted by Crippen LogP contribution is -2.43. The molecule has 0 bridgehead atoms. The zero-order chi connectivity index (χ0) is 17.3. The summed E-state index contributed by atoms with van der Waals surface area (Å²) in [7, 11) is 3.96. The molecule has 0 spiro atoms. The number of nitrogens with one attached hydrogen (secondary N) is 2. The second kappa shape index (κ2) is 9.83. The second-order valence-corrected chi connectivity index (χ2v) is 7.91. The number of benzene rings is 1. The van der Waals surface area contributed by atoms with E-state index in [2.05, 4.69) is 78.9 Å². The Bertz CT molecular complexity index is 500. The van der Waals surface area contributed by atoms with Crippen molar-refractivity contribution in [3.05, 3.63) is 35.4 Å². The van der Waals surface area contributed by atoms with Crippen LogP contribution in [-0.2, 0) is 13.1 Å². The fourth-order valence-electron chi connectivity index (χ4n) is 2.04. The number of aliphatic imine (C=N–C) groups is 1. The van der Waals surface area contributed by atoms with E-state index < -0.39 is 0 Å². The van der Waals surface area contributed by atoms with E-state index in [4.69, 9.17) is 0 Å². The van der Waals surface area contributed by atoms with E-state index in [1.165, 1.54) is 11.1 Å². The summed E-state index contributed by atoms with van der Waals surface area (Å²) in [6.07, 6.45) is 2.14. The summed E-state index contributed by atoms with van der Waals surface area (Å²) >= 11 is 1.85. The largest absolute Gasteiger partial charge is 0.355 e. The van der Waals surface area contributed by atoms with Crippen LogP contribution in [0.3, 0.4) is 0 Å². The van der Waals surface area contributed by atoms with Crippen molar-refractivity contribution in [3.8, 4) is 0 Å². The molecule has 0 aliphatic rings. The smallest absolute Gasteiger partial charge is 0.191 e. The lowest BCUT2D eigenvalue weighted by atomic mass is 10.1. The molecule has 130 valence electrons. The third-order valence-electron chi connectivity index (χ3n) is 3.90. The lowest BCUT2D eigenvalue weighted by molar-refractivity contribution is 0.345. The summed E-state index contributed by atoms with van der Waals surface area (Å²) in [5, 5.41) is 6.79. The topological polar surface area (TPSA) is 39.7 Å². The van der Waals surface area contributed by atoms with E-state index >= 15 is 0 Å². The van der Waals surface area contributed by atoms with Gasteiger partial charge in [-0.2, -0.15) is 11.8 Å². The summed E-state index contributed by atoms with van der Waals surface area (Å²) < 4.78 is 0.197. The molecule has 0 unspecified atom stereocenters. The van der Waals surface area contributed by atoms with Crippen LogP contribution in [-0.4, -0.2) is 49.0 Å². The molecule has 0 atom stereocenters. The van der Waals surface area contributed by atoms with Crippen molar-refractivity contribution in [1.29, 1.82) is 0 Å². The minimum atomic E-state index is 0.197. The van der Waals surface area contributed by atoms with E-state index in [-0.39, 0.29) is 4.75 Å². The zero-order valence-electron chi connectivity index (χ0n) is 15.4. The van der Waals surface area contributed by atoms with Crippen LogP contribution in [0.15, 0.2) is 29.3 Å². The number of rotatable bonds is 8. The van der Waals surface area contributed by atoms with Crippen LogP contribution in [0.2, 0.25) is 0 Å². The highest BCUT2D eigenvalue weighted by molar-refractivity contribution is 7.99. The van der Waals surface area contributed by atoms with Crippen molar-refractivity contribution in [2.24, 2.45) is 4.99 Å². The minimum Gasteiger partial charge on any atom is -0.355 e. The van der Waals surface area contributed by atoms with E-state index in [9.17, 15) is 0 Å². The van der Waals surface area contributed by atoms with Gasteiger partial charge in [0.25, 0.3) is 0 Å². The van der Waals surface area contributed by atoms with Gasteiger partial charge in [-0.1, -0.05) is 31.2 Å². The molecule has 2 N–H and O–H groups in total. The SMILES string of the molecule is CCN(C)Cc1cccc(CNC(=NC)NCC(C)(C)SC)c1. The fraction of sp³-hybridized carbons (Fsp3) is 0.611. The molecular formula is C18H32N4S. The third-order valence-corrected chi connectivity index (χ3v) is 5.15. The molecule has 0 aliphatic heterocycles. The molecule has 0 radical (unpaired) electrons. The Labute approximate surface area is 146 Å². The first-order chi connectivity index (χ1) is 10.9. The van der Waals surface area contributed by atoms with Gasteiger partial charge in [0.05, 0.1) is 0 Å². The quantitative estimate of drug-likeness (QED) is 0.566. The molecule has 0 aromatic heterocycles. The Balaban J connectivity index is 2.54. The molecule has 0 heterocycles. The Kier molecular flexibility index (Phi) is 8.48. The summed E-state index contributed by atoms with van der Waals surface area (Å²) in [5.74, 6) is 0.850. The Morgan fingerprint density at radius 2 is 1.96 bits per heavy atom. The fourth-order valence-corrected chi connectivity index (χ4v) is 2.25. The van der Waals surface area contributed by atoms with Gasteiger partial charge in [0.1, 0.15) is 0 Å². The van der Waals surface area contributed by atoms with Crippen LogP contribution in [0, 0.1) is 0 Å². The maximum absolute atomic E-state index is 4.30. The monoisotopic (exact) mass is 336 g/mol. The van der Waals surface area contributed by atoms with Crippen LogP contribution in [0.1, 0.15) is 31.9 Å². The molecule has 1 aromatic carbocycles.